The molecule has 0 saturated heterocycles. The lowest BCUT2D eigenvalue weighted by Crippen LogP contribution is -2.22. The number of rotatable bonds is 6. The van der Waals surface area contributed by atoms with Gasteiger partial charge in [-0.1, -0.05) is 0 Å². The van der Waals surface area contributed by atoms with Crippen LogP contribution >= 0.6 is 0 Å². The van der Waals surface area contributed by atoms with Crippen molar-refractivity contribution in [2.75, 3.05) is 28.4 Å². The number of nitrogens with one attached hydrogen (secondary N) is 2. The predicted octanol–water partition coefficient (Wildman–Crippen LogP) is 3.80. The second-order valence-electron chi connectivity index (χ2n) is 7.25. The molecular formula is C21H24N4O4. The van der Waals surface area contributed by atoms with E-state index >= 15 is 0 Å². The first-order valence-electron chi connectivity index (χ1n) is 9.15. The Balaban J connectivity index is 1.86. The van der Waals surface area contributed by atoms with Gasteiger partial charge < -0.3 is 28.9 Å². The van der Waals surface area contributed by atoms with Crippen LogP contribution in [0.1, 0.15) is 25.5 Å². The molecule has 29 heavy (non-hydrogen) atoms. The summed E-state index contributed by atoms with van der Waals surface area (Å²) in [5.41, 5.74) is 2.62. The van der Waals surface area contributed by atoms with Crippen LogP contribution in [0.15, 0.2) is 24.3 Å². The number of methoxy groups -OCH3 is 4. The third kappa shape index (κ3) is 3.00. The maximum Gasteiger partial charge on any atom is 0.150 e. The van der Waals surface area contributed by atoms with Gasteiger partial charge in [-0.3, -0.25) is 0 Å². The third-order valence-corrected chi connectivity index (χ3v) is 5.15. The molecule has 152 valence electrons. The van der Waals surface area contributed by atoms with Crippen molar-refractivity contribution < 1.29 is 18.9 Å². The van der Waals surface area contributed by atoms with Crippen molar-refractivity contribution in [2.24, 2.45) is 0 Å². The zero-order valence-electron chi connectivity index (χ0n) is 17.3. The van der Waals surface area contributed by atoms with Gasteiger partial charge in [0.15, 0.2) is 0 Å². The van der Waals surface area contributed by atoms with Gasteiger partial charge in [0.1, 0.15) is 45.7 Å². The van der Waals surface area contributed by atoms with E-state index in [2.05, 4.69) is 23.8 Å². The Morgan fingerprint density at radius 1 is 0.655 bits per heavy atom. The Labute approximate surface area is 168 Å². The minimum Gasteiger partial charge on any atom is -0.497 e. The van der Waals surface area contributed by atoms with Crippen molar-refractivity contribution in [1.29, 1.82) is 0 Å². The number of H-pyrrole nitrogens is 2. The first-order chi connectivity index (χ1) is 13.9. The van der Waals surface area contributed by atoms with Crippen LogP contribution in [0, 0.1) is 0 Å². The molecule has 0 unspecified atom stereocenters. The quantitative estimate of drug-likeness (QED) is 0.515. The van der Waals surface area contributed by atoms with Crippen LogP contribution in [0.25, 0.3) is 22.1 Å². The Kier molecular flexibility index (Phi) is 4.49. The van der Waals surface area contributed by atoms with Gasteiger partial charge in [0.2, 0.25) is 0 Å². The Morgan fingerprint density at radius 2 is 1.07 bits per heavy atom. The second-order valence-corrected chi connectivity index (χ2v) is 7.25. The lowest BCUT2D eigenvalue weighted by Gasteiger charge is -2.19. The molecule has 2 N–H and O–H groups in total. The number of benzene rings is 2. The zero-order valence-corrected chi connectivity index (χ0v) is 17.3. The number of hydrogen-bond donors (Lipinski definition) is 2. The highest BCUT2D eigenvalue weighted by Gasteiger charge is 2.31. The SMILES string of the molecule is COc1cc(OC)c2nc(C(C)(C)c3nc4c(OC)cc(OC)cc4[nH]3)[nH]c2c1. The van der Waals surface area contributed by atoms with E-state index in [0.29, 0.717) is 23.0 Å². The predicted molar refractivity (Wildman–Crippen MR) is 111 cm³/mol. The molecule has 4 rings (SSSR count). The lowest BCUT2D eigenvalue weighted by molar-refractivity contribution is 0.397. The average molecular weight is 396 g/mol. The molecule has 0 aliphatic carbocycles. The number of aromatic amines is 2. The van der Waals surface area contributed by atoms with Crippen LogP contribution in [0.3, 0.4) is 0 Å². The first kappa shape index (κ1) is 18.9. The van der Waals surface area contributed by atoms with Gasteiger partial charge in [0.25, 0.3) is 0 Å². The van der Waals surface area contributed by atoms with E-state index in [1.165, 1.54) is 0 Å². The number of imidazole rings is 2. The van der Waals surface area contributed by atoms with Crippen LogP contribution in [-0.4, -0.2) is 48.4 Å². The third-order valence-electron chi connectivity index (χ3n) is 5.15. The molecule has 0 atom stereocenters. The summed E-state index contributed by atoms with van der Waals surface area (Å²) >= 11 is 0. The number of fused-ring (bicyclic) bond motifs is 2. The molecular weight excluding hydrogens is 372 g/mol. The fraction of sp³-hybridized carbons (Fsp3) is 0.333. The fourth-order valence-electron chi connectivity index (χ4n) is 3.37. The van der Waals surface area contributed by atoms with Crippen molar-refractivity contribution in [3.05, 3.63) is 35.9 Å². The van der Waals surface area contributed by atoms with E-state index < -0.39 is 5.41 Å². The number of aromatic nitrogens is 4. The highest BCUT2D eigenvalue weighted by Crippen LogP contribution is 2.37. The Morgan fingerprint density at radius 3 is 1.41 bits per heavy atom. The summed E-state index contributed by atoms with van der Waals surface area (Å²) < 4.78 is 21.7. The van der Waals surface area contributed by atoms with Crippen LogP contribution < -0.4 is 18.9 Å². The second kappa shape index (κ2) is 6.88. The van der Waals surface area contributed by atoms with Gasteiger partial charge in [0.05, 0.1) is 44.9 Å². The largest absolute Gasteiger partial charge is 0.497 e. The smallest absolute Gasteiger partial charge is 0.150 e. The van der Waals surface area contributed by atoms with Crippen LogP contribution in [-0.2, 0) is 5.41 Å². The summed E-state index contributed by atoms with van der Waals surface area (Å²) in [7, 11) is 6.48. The standard InChI is InChI=1S/C21H24N4O4/c1-21(2,19-22-13-7-11(26-3)9-15(28-5)17(13)24-19)20-23-14-8-12(27-4)10-16(29-6)18(14)25-20/h7-10H,1-6H3,(H,22,24)(H,23,25). The van der Waals surface area contributed by atoms with Crippen molar-refractivity contribution in [1.82, 2.24) is 19.9 Å². The fourth-order valence-corrected chi connectivity index (χ4v) is 3.37. The monoisotopic (exact) mass is 396 g/mol. The van der Waals surface area contributed by atoms with Crippen molar-refractivity contribution >= 4 is 22.1 Å². The van der Waals surface area contributed by atoms with Gasteiger partial charge >= 0.3 is 0 Å². The van der Waals surface area contributed by atoms with Gasteiger partial charge in [-0.2, -0.15) is 0 Å². The van der Waals surface area contributed by atoms with Gasteiger partial charge in [-0.15, -0.1) is 0 Å². The van der Waals surface area contributed by atoms with Gasteiger partial charge in [-0.25, -0.2) is 9.97 Å². The summed E-state index contributed by atoms with van der Waals surface area (Å²) in [4.78, 5) is 16.4. The normalized spacial score (nSPS) is 11.8. The molecule has 0 aliphatic rings. The van der Waals surface area contributed by atoms with Crippen LogP contribution in [0.2, 0.25) is 0 Å². The summed E-state index contributed by atoms with van der Waals surface area (Å²) in [6.07, 6.45) is 0. The van der Waals surface area contributed by atoms with E-state index in [4.69, 9.17) is 28.9 Å². The molecule has 8 heteroatoms. The summed E-state index contributed by atoms with van der Waals surface area (Å²) in [5, 5.41) is 0. The molecule has 0 amide bonds. The maximum atomic E-state index is 5.49. The topological polar surface area (TPSA) is 94.3 Å². The Hall–Kier alpha value is -3.42. The van der Waals surface area contributed by atoms with E-state index in [0.717, 1.165) is 33.7 Å². The molecule has 0 fully saturated rings. The van der Waals surface area contributed by atoms with Crippen molar-refractivity contribution in [3.63, 3.8) is 0 Å². The molecule has 2 aromatic carbocycles. The molecule has 4 aromatic rings. The van der Waals surface area contributed by atoms with Crippen LogP contribution in [0.4, 0.5) is 0 Å². The molecule has 2 heterocycles. The molecule has 0 aliphatic heterocycles. The molecule has 0 bridgehead atoms. The van der Waals surface area contributed by atoms with E-state index in [1.54, 1.807) is 28.4 Å². The zero-order chi connectivity index (χ0) is 20.8. The van der Waals surface area contributed by atoms with Crippen LogP contribution in [0.5, 0.6) is 23.0 Å². The lowest BCUT2D eigenvalue weighted by atomic mass is 9.92. The molecule has 8 nitrogen and oxygen atoms in total. The molecule has 0 spiro atoms. The maximum absolute atomic E-state index is 5.49. The first-order valence-corrected chi connectivity index (χ1v) is 9.15. The molecule has 0 radical (unpaired) electrons. The summed E-state index contributed by atoms with van der Waals surface area (Å²) in [6, 6.07) is 7.44. The molecule has 2 aromatic heterocycles. The van der Waals surface area contributed by atoms with Gasteiger partial charge in [-0.05, 0) is 13.8 Å². The highest BCUT2D eigenvalue weighted by atomic mass is 16.5. The summed E-state index contributed by atoms with van der Waals surface area (Å²) in [6.45, 7) is 4.10. The average Bonchev–Trinajstić information content (AvgIpc) is 3.36. The van der Waals surface area contributed by atoms with Gasteiger partial charge in [0, 0.05) is 24.3 Å². The highest BCUT2D eigenvalue weighted by molar-refractivity contribution is 5.85. The number of nitrogens with zero attached hydrogens (tertiary/aromatic N) is 2. The van der Waals surface area contributed by atoms with Crippen molar-refractivity contribution in [3.8, 4) is 23.0 Å². The van der Waals surface area contributed by atoms with E-state index in [1.807, 2.05) is 24.3 Å². The minimum absolute atomic E-state index is 0.533. The molecule has 0 saturated carbocycles. The van der Waals surface area contributed by atoms with Crippen molar-refractivity contribution in [2.45, 2.75) is 19.3 Å². The minimum atomic E-state index is -0.533. The van der Waals surface area contributed by atoms with E-state index in [9.17, 15) is 0 Å². The summed E-state index contributed by atoms with van der Waals surface area (Å²) in [5.74, 6) is 4.20. The Bertz CT molecular complexity index is 1100. The van der Waals surface area contributed by atoms with E-state index in [-0.39, 0.29) is 0 Å². The number of hydrogen-bond acceptors (Lipinski definition) is 6. The number of ether oxygens (including phenoxy) is 4.